The summed E-state index contributed by atoms with van der Waals surface area (Å²) in [6.07, 6.45) is -7.94. The molecular formula is C48H66N12O22. The number of carbonyl (C=O) groups excluding carboxylic acids is 10. The molecule has 10 atom stereocenters. The van der Waals surface area contributed by atoms with Crippen LogP contribution in [0.4, 0.5) is 0 Å². The molecule has 10 amide bonds. The predicted molar refractivity (Wildman–Crippen MR) is 273 cm³/mol. The number of carboxylic acids is 6. The monoisotopic (exact) mass is 1160 g/mol. The highest BCUT2D eigenvalue weighted by molar-refractivity contribution is 6.00. The van der Waals surface area contributed by atoms with Gasteiger partial charge in [0.2, 0.25) is 59.1 Å². The number of carboxylic acid groups (broad SMARTS) is 6. The Morgan fingerprint density at radius 1 is 0.415 bits per heavy atom. The zero-order valence-corrected chi connectivity index (χ0v) is 43.9. The molecule has 2 unspecified atom stereocenters. The number of nitrogens with two attached hydrogens (primary N) is 2. The van der Waals surface area contributed by atoms with Gasteiger partial charge in [0.1, 0.15) is 60.4 Å². The van der Waals surface area contributed by atoms with Crippen LogP contribution in [-0.4, -0.2) is 199 Å². The van der Waals surface area contributed by atoms with Gasteiger partial charge in [-0.2, -0.15) is 0 Å². The molecule has 0 aliphatic carbocycles. The number of rotatable bonds is 35. The maximum absolute atomic E-state index is 13.9. The highest BCUT2D eigenvalue weighted by atomic mass is 16.4. The third-order valence-corrected chi connectivity index (χ3v) is 12.0. The Morgan fingerprint density at radius 2 is 0.707 bits per heavy atom. The third kappa shape index (κ3) is 25.6. The highest BCUT2D eigenvalue weighted by Crippen LogP contribution is 2.14. The Hall–Kier alpha value is -9.44. The van der Waals surface area contributed by atoms with E-state index in [0.717, 1.165) is 0 Å². The van der Waals surface area contributed by atoms with Gasteiger partial charge in [-0.15, -0.1) is 0 Å². The largest absolute Gasteiger partial charge is 0.481 e. The predicted octanol–water partition coefficient (Wildman–Crippen LogP) is -7.47. The van der Waals surface area contributed by atoms with Crippen molar-refractivity contribution in [2.75, 3.05) is 13.1 Å². The molecule has 0 saturated carbocycles. The molecule has 34 nitrogen and oxygen atoms in total. The van der Waals surface area contributed by atoms with Crippen LogP contribution in [0, 0.1) is 23.7 Å². The minimum absolute atomic E-state index is 0.00712. The van der Waals surface area contributed by atoms with Crippen LogP contribution in [0.5, 0.6) is 0 Å². The number of hydrogen-bond acceptors (Lipinski definition) is 18. The third-order valence-electron chi connectivity index (χ3n) is 12.0. The molecule has 2 aliphatic heterocycles. The van der Waals surface area contributed by atoms with E-state index in [1.54, 1.807) is 0 Å². The van der Waals surface area contributed by atoms with Crippen LogP contribution in [0.15, 0.2) is 0 Å². The molecule has 20 N–H and O–H groups in total. The van der Waals surface area contributed by atoms with Gasteiger partial charge in [0.15, 0.2) is 0 Å². The maximum atomic E-state index is 13.9. The van der Waals surface area contributed by atoms with E-state index in [-0.39, 0.29) is 51.6 Å². The minimum Gasteiger partial charge on any atom is -0.481 e. The lowest BCUT2D eigenvalue weighted by atomic mass is 10.0. The lowest BCUT2D eigenvalue weighted by molar-refractivity contribution is -0.143. The molecule has 0 spiro atoms. The normalized spacial score (nSPS) is 17.0. The van der Waals surface area contributed by atoms with E-state index in [0.29, 0.717) is 0 Å². The molecule has 0 bridgehead atoms. The fourth-order valence-electron chi connectivity index (χ4n) is 7.77. The van der Waals surface area contributed by atoms with Crippen LogP contribution in [0.1, 0.15) is 103 Å². The molecular weight excluding hydrogens is 1100 g/mol. The minimum atomic E-state index is -2.10. The molecule has 34 heteroatoms. The molecule has 0 aromatic heterocycles. The second kappa shape index (κ2) is 35.2. The van der Waals surface area contributed by atoms with Crippen LogP contribution in [0.3, 0.4) is 0 Å². The van der Waals surface area contributed by atoms with E-state index in [2.05, 4.69) is 76.8 Å². The van der Waals surface area contributed by atoms with Crippen LogP contribution in [0.25, 0.3) is 0 Å². The van der Waals surface area contributed by atoms with Crippen LogP contribution < -0.4 is 64.6 Å². The van der Waals surface area contributed by atoms with Gasteiger partial charge in [-0.3, -0.25) is 67.1 Å². The summed E-state index contributed by atoms with van der Waals surface area (Å²) >= 11 is 0. The summed E-state index contributed by atoms with van der Waals surface area (Å²) in [5, 5.41) is 80.0. The Bertz CT molecular complexity index is 2400. The number of aliphatic carboxylic acids is 6. The molecule has 0 radical (unpaired) electrons. The van der Waals surface area contributed by atoms with Crippen LogP contribution >= 0.6 is 0 Å². The SMILES string of the molecule is NCC#CC[C@H](NC(=O)C(CCCCC(NC(=O)[C@H](CC(=O)O)NC(=O)[C@H](CCC(=O)O)NC(=O)[C@@H]1CCC(=O)N1)C(=O)N[C@@H](CC#CCN)C(=O)O)NC(=O)[C@H](CC(=O)O)NC(=O)[C@H](CCC(=O)O)NC(=O)[C@@H]1CCC(=O)N1)C(=O)O. The average molecular weight is 1160 g/mol. The first kappa shape index (κ1) is 68.7. The summed E-state index contributed by atoms with van der Waals surface area (Å²) in [6.45, 7) is -0.418. The number of hydrogen-bond donors (Lipinski definition) is 18. The van der Waals surface area contributed by atoms with Crippen molar-refractivity contribution in [2.24, 2.45) is 11.5 Å². The number of unbranched alkanes of at least 4 members (excludes halogenated alkanes) is 1. The Labute approximate surface area is 465 Å². The molecule has 0 aromatic rings. The molecule has 2 aliphatic rings. The van der Waals surface area contributed by atoms with E-state index in [1.807, 2.05) is 0 Å². The molecule has 2 saturated heterocycles. The highest BCUT2D eigenvalue weighted by Gasteiger charge is 2.37. The standard InChI is InChI=1S/C48H66N12O22/c49-19-5-3-9-29(47(79)80)57-39(71)23(53-45(77)31(21-37(67)68)59-43(75)27(13-17-35(63)64)55-41(73)25-11-15-33(61)51-25)7-1-2-8-24(40(72)58-30(48(81)82)10-4-6-20-50)54-46(78)32(22-38(69)70)60-44(76)28(14-18-36(65)66)56-42(74)26-12-16-34(62)52-26/h23-32H,1-2,7-22,49-50H2,(H,51,61)(H,52,62)(H,53,77)(H,54,78)(H,55,73)(H,56,74)(H,57,71)(H,58,72)(H,59,75)(H,60,76)(H,63,64)(H,65,66)(H,67,68)(H,69,70)(H,79,80)(H,81,82)/t23?,24?,25-,26-,27-,28-,29-,30-,31-,32-/m0/s1. The van der Waals surface area contributed by atoms with Gasteiger partial charge in [-0.1, -0.05) is 36.5 Å². The summed E-state index contributed by atoms with van der Waals surface area (Å²) in [6, 6.07) is -17.1. The second-order valence-corrected chi connectivity index (χ2v) is 18.4. The molecule has 450 valence electrons. The van der Waals surface area contributed by atoms with E-state index < -0.39 is 220 Å². The molecule has 82 heavy (non-hydrogen) atoms. The fourth-order valence-corrected chi connectivity index (χ4v) is 7.77. The van der Waals surface area contributed by atoms with Crippen molar-refractivity contribution < 1.29 is 107 Å². The van der Waals surface area contributed by atoms with Gasteiger partial charge in [0.25, 0.3) is 0 Å². The summed E-state index contributed by atoms with van der Waals surface area (Å²) in [5.41, 5.74) is 10.7. The Morgan fingerprint density at radius 3 is 0.976 bits per heavy atom. The van der Waals surface area contributed by atoms with Gasteiger partial charge in [0, 0.05) is 38.5 Å². The van der Waals surface area contributed by atoms with Crippen molar-refractivity contribution in [3.05, 3.63) is 0 Å². The van der Waals surface area contributed by atoms with E-state index >= 15 is 0 Å². The maximum Gasteiger partial charge on any atom is 0.327 e. The van der Waals surface area contributed by atoms with Crippen LogP contribution in [0.2, 0.25) is 0 Å². The molecule has 0 aromatic carbocycles. The molecule has 2 heterocycles. The first-order valence-corrected chi connectivity index (χ1v) is 25.3. The average Bonchev–Trinajstić information content (AvgIpc) is 4.12. The zero-order valence-electron chi connectivity index (χ0n) is 43.9. The van der Waals surface area contributed by atoms with Crippen molar-refractivity contribution >= 4 is 94.9 Å². The topological polar surface area (TPSA) is 567 Å². The van der Waals surface area contributed by atoms with E-state index in [4.69, 9.17) is 11.5 Å². The smallest absolute Gasteiger partial charge is 0.327 e. The first-order chi connectivity index (χ1) is 38.6. The zero-order chi connectivity index (χ0) is 61.6. The Balaban J connectivity index is 2.54. The Kier molecular flexibility index (Phi) is 29.5. The van der Waals surface area contributed by atoms with Gasteiger partial charge in [-0.05, 0) is 38.5 Å². The summed E-state index contributed by atoms with van der Waals surface area (Å²) in [5.74, 6) is -10.5. The quantitative estimate of drug-likeness (QED) is 0.0207. The van der Waals surface area contributed by atoms with Crippen LogP contribution in [-0.2, 0) is 76.7 Å². The van der Waals surface area contributed by atoms with Crippen molar-refractivity contribution in [2.45, 2.75) is 163 Å². The van der Waals surface area contributed by atoms with E-state index in [1.165, 1.54) is 0 Å². The summed E-state index contributed by atoms with van der Waals surface area (Å²) < 4.78 is 0. The summed E-state index contributed by atoms with van der Waals surface area (Å²) in [7, 11) is 0. The fraction of sp³-hybridized carbons (Fsp3) is 0.583. The number of amides is 10. The number of carbonyl (C=O) groups is 16. The first-order valence-electron chi connectivity index (χ1n) is 25.3. The van der Waals surface area contributed by atoms with Gasteiger partial charge in [0.05, 0.1) is 25.9 Å². The van der Waals surface area contributed by atoms with E-state index in [9.17, 15) is 107 Å². The molecule has 2 fully saturated rings. The molecule has 2 rings (SSSR count). The van der Waals surface area contributed by atoms with Crippen molar-refractivity contribution in [1.29, 1.82) is 0 Å². The lowest BCUT2D eigenvalue weighted by Gasteiger charge is -2.26. The summed E-state index contributed by atoms with van der Waals surface area (Å²) in [4.78, 5) is 203. The van der Waals surface area contributed by atoms with Gasteiger partial charge in [-0.25, -0.2) is 9.59 Å². The van der Waals surface area contributed by atoms with Gasteiger partial charge >= 0.3 is 35.8 Å². The van der Waals surface area contributed by atoms with Crippen molar-refractivity contribution in [3.8, 4) is 23.7 Å². The van der Waals surface area contributed by atoms with Crippen molar-refractivity contribution in [1.82, 2.24) is 53.2 Å². The second-order valence-electron chi connectivity index (χ2n) is 18.4. The number of nitrogens with one attached hydrogen (secondary N) is 10. The lowest BCUT2D eigenvalue weighted by Crippen LogP contribution is -2.59. The van der Waals surface area contributed by atoms with Crippen molar-refractivity contribution in [3.63, 3.8) is 0 Å². The van der Waals surface area contributed by atoms with Gasteiger partial charge < -0.3 is 95.3 Å².